The second kappa shape index (κ2) is 10.3. The predicted octanol–water partition coefficient (Wildman–Crippen LogP) is 7.19. The summed E-state index contributed by atoms with van der Waals surface area (Å²) in [6.45, 7) is 14.7. The van der Waals surface area contributed by atoms with Crippen LogP contribution >= 0.6 is 0 Å². The van der Waals surface area contributed by atoms with Crippen molar-refractivity contribution in [1.29, 1.82) is 0 Å². The van der Waals surface area contributed by atoms with E-state index in [0.29, 0.717) is 4.90 Å². The van der Waals surface area contributed by atoms with Gasteiger partial charge in [0.25, 0.3) is 0 Å². The second-order valence-corrected chi connectivity index (χ2v) is 11.0. The van der Waals surface area contributed by atoms with Crippen molar-refractivity contribution >= 4 is 9.84 Å². The maximum Gasteiger partial charge on any atom is 0.184 e. The molecular weight excluding hydrogens is 388 g/mol. The van der Waals surface area contributed by atoms with Gasteiger partial charge in [-0.25, -0.2) is 8.42 Å². The van der Waals surface area contributed by atoms with Gasteiger partial charge in [-0.3, -0.25) is 0 Å². The molecule has 1 aliphatic rings. The lowest BCUT2D eigenvalue weighted by atomic mass is 9.72. The highest BCUT2D eigenvalue weighted by Crippen LogP contribution is 2.40. The van der Waals surface area contributed by atoms with E-state index in [1.54, 1.807) is 36.4 Å². The minimum absolute atomic E-state index is 0.238. The Morgan fingerprint density at radius 3 is 2.40 bits per heavy atom. The molecule has 1 aliphatic carbocycles. The lowest BCUT2D eigenvalue weighted by Gasteiger charge is -2.32. The molecule has 0 N–H and O–H groups in total. The third-order valence-electron chi connectivity index (χ3n) is 5.69. The smallest absolute Gasteiger partial charge is 0.184 e. The monoisotopic (exact) mass is 423 g/mol. The summed E-state index contributed by atoms with van der Waals surface area (Å²) in [7, 11) is -3.47. The molecule has 1 unspecified atom stereocenters. The lowest BCUT2D eigenvalue weighted by Crippen LogP contribution is -2.19. The third-order valence-corrected chi connectivity index (χ3v) is 7.56. The van der Waals surface area contributed by atoms with E-state index in [-0.39, 0.29) is 5.41 Å². The van der Waals surface area contributed by atoms with Crippen molar-refractivity contribution in [3.63, 3.8) is 0 Å². The zero-order chi connectivity index (χ0) is 22.4. The first-order chi connectivity index (χ1) is 14.0. The summed E-state index contributed by atoms with van der Waals surface area (Å²) >= 11 is 0. The summed E-state index contributed by atoms with van der Waals surface area (Å²) < 4.78 is 25.2. The minimum atomic E-state index is -3.47. The van der Waals surface area contributed by atoms with Crippen LogP contribution in [0.2, 0.25) is 0 Å². The molecule has 2 rings (SSSR count). The maximum absolute atomic E-state index is 12.6. The molecule has 0 saturated carbocycles. The van der Waals surface area contributed by atoms with Gasteiger partial charge >= 0.3 is 0 Å². The van der Waals surface area contributed by atoms with E-state index in [2.05, 4.69) is 46.8 Å². The fraction of sp³-hybridized carbons (Fsp3) is 0.370. The Labute approximate surface area is 183 Å². The van der Waals surface area contributed by atoms with E-state index in [1.807, 2.05) is 25.2 Å². The number of hydrogen-bond donors (Lipinski definition) is 0. The van der Waals surface area contributed by atoms with E-state index in [0.717, 1.165) is 11.1 Å². The summed E-state index contributed by atoms with van der Waals surface area (Å²) in [4.78, 5) is 0.300. The van der Waals surface area contributed by atoms with Crippen LogP contribution in [0.15, 0.2) is 94.0 Å². The van der Waals surface area contributed by atoms with Crippen molar-refractivity contribution in [3.8, 4) is 0 Å². The Morgan fingerprint density at radius 2 is 1.77 bits per heavy atom. The largest absolute Gasteiger partial charge is 0.223 e. The number of allylic oxidation sites excluding steroid dienone is 9. The summed E-state index contributed by atoms with van der Waals surface area (Å²) in [6.07, 6.45) is 15.7. The predicted molar refractivity (Wildman–Crippen MR) is 129 cm³/mol. The van der Waals surface area contributed by atoms with Gasteiger partial charge in [-0.05, 0) is 70.1 Å². The molecule has 0 aromatic heterocycles. The first kappa shape index (κ1) is 24.1. The molecule has 3 heteroatoms. The van der Waals surface area contributed by atoms with Crippen LogP contribution in [0.25, 0.3) is 0 Å². The van der Waals surface area contributed by atoms with Gasteiger partial charge in [0, 0.05) is 0 Å². The number of hydrogen-bond acceptors (Lipinski definition) is 2. The van der Waals surface area contributed by atoms with Crippen LogP contribution in [0.1, 0.15) is 53.9 Å². The van der Waals surface area contributed by atoms with Crippen molar-refractivity contribution in [2.45, 2.75) is 64.0 Å². The van der Waals surface area contributed by atoms with E-state index >= 15 is 0 Å². The molecule has 0 amide bonds. The Hall–Kier alpha value is -2.13. The van der Waals surface area contributed by atoms with Gasteiger partial charge in [0.2, 0.25) is 0 Å². The van der Waals surface area contributed by atoms with E-state index in [1.165, 1.54) is 30.4 Å². The van der Waals surface area contributed by atoms with Crippen molar-refractivity contribution < 1.29 is 8.42 Å². The molecule has 2 nitrogen and oxygen atoms in total. The number of benzene rings is 1. The Kier molecular flexibility index (Phi) is 8.25. The van der Waals surface area contributed by atoms with Crippen LogP contribution in [-0.2, 0) is 9.84 Å². The highest BCUT2D eigenvalue weighted by Gasteiger charge is 2.26. The Morgan fingerprint density at radius 1 is 1.10 bits per heavy atom. The molecular formula is C27H35O2S. The Balaban J connectivity index is 2.07. The van der Waals surface area contributed by atoms with Crippen molar-refractivity contribution in [2.75, 3.05) is 0 Å². The SMILES string of the molecule is [CH2]C(C=C(C)C=CC=C(C)C=CC1=C(C)CCCC1(C)C)S(=O)(=O)c1ccccc1. The van der Waals surface area contributed by atoms with Crippen LogP contribution in [0, 0.1) is 12.3 Å². The molecule has 30 heavy (non-hydrogen) atoms. The molecule has 1 aromatic carbocycles. The fourth-order valence-corrected chi connectivity index (χ4v) is 5.14. The summed E-state index contributed by atoms with van der Waals surface area (Å²) in [6, 6.07) is 8.47. The third kappa shape index (κ3) is 6.43. The summed E-state index contributed by atoms with van der Waals surface area (Å²) in [5, 5.41) is -0.821. The zero-order valence-electron chi connectivity index (χ0n) is 19.0. The molecule has 1 atom stereocenters. The minimum Gasteiger partial charge on any atom is -0.223 e. The van der Waals surface area contributed by atoms with Crippen molar-refractivity contribution in [1.82, 2.24) is 0 Å². The number of sulfone groups is 1. The van der Waals surface area contributed by atoms with Crippen molar-refractivity contribution in [2.24, 2.45) is 5.41 Å². The highest BCUT2D eigenvalue weighted by molar-refractivity contribution is 7.92. The molecule has 1 radical (unpaired) electrons. The fourth-order valence-electron chi connectivity index (χ4n) is 3.86. The van der Waals surface area contributed by atoms with Crippen LogP contribution in [0.3, 0.4) is 0 Å². The van der Waals surface area contributed by atoms with E-state index in [9.17, 15) is 8.42 Å². The second-order valence-electron chi connectivity index (χ2n) is 8.84. The molecule has 0 fully saturated rings. The van der Waals surface area contributed by atoms with Crippen molar-refractivity contribution in [3.05, 3.63) is 96.0 Å². The first-order valence-electron chi connectivity index (χ1n) is 10.6. The molecule has 0 heterocycles. The standard InChI is InChI=1S/C27H35O2S/c1-21(17-18-26-23(3)14-11-19-27(26,5)6)12-10-13-22(2)20-24(4)30(28,29)25-15-8-7-9-16-25/h7-10,12-13,15-18,20,24H,4,11,14,19H2,1-3,5-6H3. The first-order valence-corrected chi connectivity index (χ1v) is 12.1. The summed E-state index contributed by atoms with van der Waals surface area (Å²) in [5.41, 5.74) is 5.21. The average Bonchev–Trinajstić information content (AvgIpc) is 2.67. The topological polar surface area (TPSA) is 34.1 Å². The zero-order valence-corrected chi connectivity index (χ0v) is 19.8. The summed E-state index contributed by atoms with van der Waals surface area (Å²) in [5.74, 6) is 0. The molecule has 1 aromatic rings. The molecule has 0 saturated heterocycles. The maximum atomic E-state index is 12.6. The normalized spacial score (nSPS) is 19.7. The van der Waals surface area contributed by atoms with Gasteiger partial charge < -0.3 is 0 Å². The van der Waals surface area contributed by atoms with Crippen LogP contribution in [0.5, 0.6) is 0 Å². The van der Waals surface area contributed by atoms with Crippen LogP contribution in [0.4, 0.5) is 0 Å². The van der Waals surface area contributed by atoms with Gasteiger partial charge in [0.1, 0.15) is 0 Å². The average molecular weight is 424 g/mol. The van der Waals surface area contributed by atoms with Gasteiger partial charge in [-0.15, -0.1) is 0 Å². The van der Waals surface area contributed by atoms with Gasteiger partial charge in [0.05, 0.1) is 10.1 Å². The van der Waals surface area contributed by atoms with Crippen LogP contribution < -0.4 is 0 Å². The molecule has 0 aliphatic heterocycles. The van der Waals surface area contributed by atoms with E-state index < -0.39 is 15.1 Å². The number of rotatable bonds is 7. The molecule has 0 spiro atoms. The van der Waals surface area contributed by atoms with Gasteiger partial charge in [-0.1, -0.05) is 85.2 Å². The quantitative estimate of drug-likeness (QED) is 0.435. The van der Waals surface area contributed by atoms with Crippen LogP contribution in [-0.4, -0.2) is 13.7 Å². The van der Waals surface area contributed by atoms with Gasteiger partial charge in [-0.2, -0.15) is 0 Å². The molecule has 161 valence electrons. The van der Waals surface area contributed by atoms with E-state index in [4.69, 9.17) is 0 Å². The Bertz CT molecular complexity index is 985. The molecule has 0 bridgehead atoms. The lowest BCUT2D eigenvalue weighted by molar-refractivity contribution is 0.377. The highest BCUT2D eigenvalue weighted by atomic mass is 32.2. The van der Waals surface area contributed by atoms with Gasteiger partial charge in [0.15, 0.2) is 9.84 Å².